The van der Waals surface area contributed by atoms with Crippen molar-refractivity contribution >= 4 is 28.3 Å². The van der Waals surface area contributed by atoms with Crippen LogP contribution < -0.4 is 10.5 Å². The largest absolute Gasteiger partial charge is 0.354 e. The fourth-order valence-electron chi connectivity index (χ4n) is 3.39. The minimum absolute atomic E-state index is 0.0483. The van der Waals surface area contributed by atoms with Crippen LogP contribution in [0, 0.1) is 17.1 Å². The van der Waals surface area contributed by atoms with Gasteiger partial charge in [0.25, 0.3) is 5.56 Å². The summed E-state index contributed by atoms with van der Waals surface area (Å²) in [5, 5.41) is 9.48. The van der Waals surface area contributed by atoms with Gasteiger partial charge in [0.2, 0.25) is 0 Å². The number of fused-ring (bicyclic) bond motifs is 1. The third-order valence-electron chi connectivity index (χ3n) is 4.96. The van der Waals surface area contributed by atoms with Crippen LogP contribution >= 0.6 is 11.6 Å². The molecule has 28 heavy (non-hydrogen) atoms. The summed E-state index contributed by atoms with van der Waals surface area (Å²) < 4.78 is 14.9. The van der Waals surface area contributed by atoms with Crippen molar-refractivity contribution in [1.29, 1.82) is 5.26 Å². The molecule has 0 aliphatic carbocycles. The summed E-state index contributed by atoms with van der Waals surface area (Å²) in [4.78, 5) is 22.9. The van der Waals surface area contributed by atoms with Gasteiger partial charge < -0.3 is 9.88 Å². The van der Waals surface area contributed by atoms with Gasteiger partial charge in [-0.05, 0) is 18.2 Å². The van der Waals surface area contributed by atoms with Gasteiger partial charge in [-0.25, -0.2) is 9.37 Å². The third-order valence-corrected chi connectivity index (χ3v) is 5.24. The molecule has 8 heteroatoms. The zero-order valence-electron chi connectivity index (χ0n) is 15.0. The zero-order chi connectivity index (χ0) is 19.7. The van der Waals surface area contributed by atoms with Gasteiger partial charge in [0, 0.05) is 49.9 Å². The van der Waals surface area contributed by atoms with Crippen LogP contribution in [0.15, 0.2) is 41.3 Å². The second-order valence-electron chi connectivity index (χ2n) is 6.73. The molecule has 1 aromatic carbocycles. The summed E-state index contributed by atoms with van der Waals surface area (Å²) in [5.74, 6) is 0.424. The molecular weight excluding hydrogens is 381 g/mol. The smallest absolute Gasteiger partial charge is 0.267 e. The Bertz CT molecular complexity index is 1110. The maximum atomic E-state index is 14.9. The maximum Gasteiger partial charge on any atom is 0.267 e. The highest BCUT2D eigenvalue weighted by Crippen LogP contribution is 2.22. The lowest BCUT2D eigenvalue weighted by atomic mass is 10.1. The fourth-order valence-corrected chi connectivity index (χ4v) is 3.56. The molecule has 0 saturated carbocycles. The molecule has 4 rings (SSSR count). The van der Waals surface area contributed by atoms with Gasteiger partial charge in [-0.15, -0.1) is 0 Å². The molecule has 0 radical (unpaired) electrons. The molecule has 0 unspecified atom stereocenters. The number of H-pyrrole nitrogens is 1. The van der Waals surface area contributed by atoms with Crippen molar-refractivity contribution in [2.24, 2.45) is 0 Å². The molecule has 3 heterocycles. The number of aromatic nitrogens is 2. The van der Waals surface area contributed by atoms with E-state index in [-0.39, 0.29) is 10.5 Å². The van der Waals surface area contributed by atoms with Gasteiger partial charge in [0.1, 0.15) is 16.9 Å². The van der Waals surface area contributed by atoms with Crippen molar-refractivity contribution in [3.63, 3.8) is 0 Å². The Morgan fingerprint density at radius 3 is 2.68 bits per heavy atom. The summed E-state index contributed by atoms with van der Waals surface area (Å²) in [6.07, 6.45) is 1.57. The van der Waals surface area contributed by atoms with Crippen LogP contribution in [0.3, 0.4) is 0 Å². The van der Waals surface area contributed by atoms with Crippen LogP contribution in [0.2, 0.25) is 5.02 Å². The molecule has 1 fully saturated rings. The first-order valence-corrected chi connectivity index (χ1v) is 9.26. The zero-order valence-corrected chi connectivity index (χ0v) is 15.7. The van der Waals surface area contributed by atoms with E-state index in [1.165, 1.54) is 6.07 Å². The third kappa shape index (κ3) is 3.57. The van der Waals surface area contributed by atoms with E-state index in [1.54, 1.807) is 24.4 Å². The Kier molecular flexibility index (Phi) is 4.99. The monoisotopic (exact) mass is 397 g/mol. The highest BCUT2D eigenvalue weighted by atomic mass is 35.5. The van der Waals surface area contributed by atoms with Crippen molar-refractivity contribution in [3.8, 4) is 6.07 Å². The van der Waals surface area contributed by atoms with E-state index in [4.69, 9.17) is 16.9 Å². The highest BCUT2D eigenvalue weighted by molar-refractivity contribution is 6.31. The highest BCUT2D eigenvalue weighted by Gasteiger charge is 2.20. The quantitative estimate of drug-likeness (QED) is 0.735. The van der Waals surface area contributed by atoms with E-state index in [0.717, 1.165) is 32.0 Å². The number of halogens is 2. The molecule has 142 valence electrons. The average molecular weight is 398 g/mol. The number of piperazine rings is 1. The van der Waals surface area contributed by atoms with Gasteiger partial charge >= 0.3 is 0 Å². The van der Waals surface area contributed by atoms with Crippen molar-refractivity contribution < 1.29 is 4.39 Å². The van der Waals surface area contributed by atoms with Gasteiger partial charge in [0.05, 0.1) is 11.1 Å². The minimum Gasteiger partial charge on any atom is -0.354 e. The predicted molar refractivity (Wildman–Crippen MR) is 106 cm³/mol. The molecular formula is C20H17ClFN5O. The van der Waals surface area contributed by atoms with Crippen molar-refractivity contribution in [2.75, 3.05) is 31.1 Å². The number of pyridine rings is 2. The number of hydrogen-bond acceptors (Lipinski definition) is 5. The van der Waals surface area contributed by atoms with E-state index in [0.29, 0.717) is 23.1 Å². The van der Waals surface area contributed by atoms with Gasteiger partial charge in [-0.1, -0.05) is 23.7 Å². The van der Waals surface area contributed by atoms with Crippen molar-refractivity contribution in [2.45, 2.75) is 6.54 Å². The number of nitrogens with zero attached hydrogens (tertiary/aromatic N) is 4. The normalized spacial score (nSPS) is 15.0. The Balaban J connectivity index is 1.46. The molecule has 1 N–H and O–H groups in total. The molecule has 1 saturated heterocycles. The van der Waals surface area contributed by atoms with Gasteiger partial charge in [0.15, 0.2) is 5.82 Å². The fraction of sp³-hybridized carbons (Fsp3) is 0.250. The molecule has 0 bridgehead atoms. The number of aromatic amines is 1. The number of benzene rings is 1. The second-order valence-corrected chi connectivity index (χ2v) is 7.14. The first-order valence-electron chi connectivity index (χ1n) is 8.88. The van der Waals surface area contributed by atoms with Crippen molar-refractivity contribution in [3.05, 3.63) is 68.8 Å². The number of rotatable bonds is 3. The number of hydrogen-bond donors (Lipinski definition) is 1. The van der Waals surface area contributed by atoms with E-state index >= 15 is 0 Å². The molecule has 1 aliphatic rings. The van der Waals surface area contributed by atoms with E-state index in [1.807, 2.05) is 6.07 Å². The van der Waals surface area contributed by atoms with Crippen LogP contribution in [0.5, 0.6) is 0 Å². The van der Waals surface area contributed by atoms with Crippen LogP contribution in [0.4, 0.5) is 10.2 Å². The average Bonchev–Trinajstić information content (AvgIpc) is 2.72. The van der Waals surface area contributed by atoms with Crippen LogP contribution in [-0.2, 0) is 6.54 Å². The first kappa shape index (κ1) is 18.4. The topological polar surface area (TPSA) is 76.0 Å². The van der Waals surface area contributed by atoms with E-state index in [9.17, 15) is 9.18 Å². The molecule has 1 aliphatic heterocycles. The minimum atomic E-state index is -0.492. The first-order chi connectivity index (χ1) is 13.5. The molecule has 3 aromatic rings. The predicted octanol–water partition coefficient (Wildman–Crippen LogP) is 2.91. The lowest BCUT2D eigenvalue weighted by Gasteiger charge is -2.35. The molecule has 0 spiro atoms. The maximum absolute atomic E-state index is 14.9. The van der Waals surface area contributed by atoms with E-state index in [2.05, 4.69) is 25.8 Å². The Morgan fingerprint density at radius 2 is 2.00 bits per heavy atom. The lowest BCUT2D eigenvalue weighted by Crippen LogP contribution is -2.46. The molecule has 6 nitrogen and oxygen atoms in total. The summed E-state index contributed by atoms with van der Waals surface area (Å²) in [6.45, 7) is 3.51. The van der Waals surface area contributed by atoms with Gasteiger partial charge in [-0.3, -0.25) is 9.69 Å². The Hall–Kier alpha value is -2.95. The summed E-state index contributed by atoms with van der Waals surface area (Å²) in [7, 11) is 0. The van der Waals surface area contributed by atoms with Gasteiger partial charge in [-0.2, -0.15) is 5.26 Å². The Labute approximate surface area is 165 Å². The molecule has 2 aromatic heterocycles. The number of nitriles is 1. The SMILES string of the molecule is N#Cc1ccc(N2CCN(Cc3ccc4cc(Cl)c(=O)[nH]c4c3F)CC2)nc1. The second kappa shape index (κ2) is 7.58. The number of anilines is 1. The lowest BCUT2D eigenvalue weighted by molar-refractivity contribution is 0.246. The molecule has 0 atom stereocenters. The summed E-state index contributed by atoms with van der Waals surface area (Å²) >= 11 is 5.82. The summed E-state index contributed by atoms with van der Waals surface area (Å²) in [6, 6.07) is 10.6. The standard InChI is InChI=1S/C20H17ClFN5O/c21-16-9-14-2-3-15(18(22)19(14)25-20(16)28)12-26-5-7-27(8-6-26)17-4-1-13(10-23)11-24-17/h1-4,9,11H,5-8,12H2,(H,25,28). The summed E-state index contributed by atoms with van der Waals surface area (Å²) in [5.41, 5.74) is 0.769. The van der Waals surface area contributed by atoms with E-state index < -0.39 is 11.4 Å². The van der Waals surface area contributed by atoms with Crippen LogP contribution in [-0.4, -0.2) is 41.0 Å². The molecule has 0 amide bonds. The van der Waals surface area contributed by atoms with Crippen LogP contribution in [0.1, 0.15) is 11.1 Å². The van der Waals surface area contributed by atoms with Crippen LogP contribution in [0.25, 0.3) is 10.9 Å². The number of nitrogens with one attached hydrogen (secondary N) is 1. The Morgan fingerprint density at radius 1 is 1.21 bits per heavy atom. The van der Waals surface area contributed by atoms with Crippen molar-refractivity contribution in [1.82, 2.24) is 14.9 Å².